The first-order valence-corrected chi connectivity index (χ1v) is 6.80. The van der Waals surface area contributed by atoms with E-state index in [-0.39, 0.29) is 0 Å². The van der Waals surface area contributed by atoms with Crippen LogP contribution in [0.25, 0.3) is 10.9 Å². The van der Waals surface area contributed by atoms with Gasteiger partial charge >= 0.3 is 0 Å². The van der Waals surface area contributed by atoms with Crippen LogP contribution >= 0.6 is 0 Å². The lowest BCUT2D eigenvalue weighted by Crippen LogP contribution is -1.97. The first-order valence-electron chi connectivity index (χ1n) is 6.80. The van der Waals surface area contributed by atoms with Crippen molar-refractivity contribution in [3.05, 3.63) is 47.8 Å². The zero-order chi connectivity index (χ0) is 14.8. The average Bonchev–Trinajstić information content (AvgIpc) is 2.86. The summed E-state index contributed by atoms with van der Waals surface area (Å²) < 4.78 is 1.77. The summed E-state index contributed by atoms with van der Waals surface area (Å²) in [6.07, 6.45) is 2.75. The van der Waals surface area contributed by atoms with E-state index in [0.29, 0.717) is 11.4 Å². The second-order valence-electron chi connectivity index (χ2n) is 4.83. The molecule has 2 aromatic heterocycles. The SMILES string of the molecule is CCc1nn(C)cc1Nc1cc(C#N)c2ccccc2n1. The van der Waals surface area contributed by atoms with Crippen LogP contribution in [0.15, 0.2) is 36.5 Å². The lowest BCUT2D eigenvalue weighted by atomic mass is 10.1. The van der Waals surface area contributed by atoms with E-state index in [1.54, 1.807) is 10.7 Å². The molecule has 0 fully saturated rings. The Hall–Kier alpha value is -2.87. The minimum absolute atomic E-state index is 0.616. The fourth-order valence-electron chi connectivity index (χ4n) is 2.37. The normalized spacial score (nSPS) is 10.5. The highest BCUT2D eigenvalue weighted by molar-refractivity contribution is 5.86. The third-order valence-electron chi connectivity index (χ3n) is 3.34. The molecule has 1 aromatic carbocycles. The summed E-state index contributed by atoms with van der Waals surface area (Å²) in [7, 11) is 1.89. The molecular weight excluding hydrogens is 262 g/mol. The van der Waals surface area contributed by atoms with Gasteiger partial charge in [0.25, 0.3) is 0 Å². The molecule has 0 amide bonds. The van der Waals surface area contributed by atoms with Gasteiger partial charge in [-0.15, -0.1) is 0 Å². The Morgan fingerprint density at radius 3 is 2.90 bits per heavy atom. The summed E-state index contributed by atoms with van der Waals surface area (Å²) in [5.74, 6) is 0.660. The summed E-state index contributed by atoms with van der Waals surface area (Å²) >= 11 is 0. The van der Waals surface area contributed by atoms with E-state index in [2.05, 4.69) is 28.4 Å². The number of nitriles is 1. The lowest BCUT2D eigenvalue weighted by Gasteiger charge is -2.07. The second kappa shape index (κ2) is 5.25. The number of hydrogen-bond acceptors (Lipinski definition) is 4. The van der Waals surface area contributed by atoms with Crippen LogP contribution in [-0.2, 0) is 13.5 Å². The van der Waals surface area contributed by atoms with Gasteiger partial charge in [0.2, 0.25) is 0 Å². The van der Waals surface area contributed by atoms with E-state index in [9.17, 15) is 5.26 Å². The minimum Gasteiger partial charge on any atom is -0.337 e. The monoisotopic (exact) mass is 277 g/mol. The molecule has 0 saturated carbocycles. The van der Waals surface area contributed by atoms with Crippen molar-refractivity contribution in [1.29, 1.82) is 5.26 Å². The highest BCUT2D eigenvalue weighted by Gasteiger charge is 2.09. The quantitative estimate of drug-likeness (QED) is 0.798. The summed E-state index contributed by atoms with van der Waals surface area (Å²) in [4.78, 5) is 4.56. The van der Waals surface area contributed by atoms with Gasteiger partial charge < -0.3 is 5.32 Å². The molecule has 0 aliphatic rings. The zero-order valence-electron chi connectivity index (χ0n) is 12.0. The first-order chi connectivity index (χ1) is 10.2. The van der Waals surface area contributed by atoms with Crippen molar-refractivity contribution in [1.82, 2.24) is 14.8 Å². The molecular formula is C16H15N5. The largest absolute Gasteiger partial charge is 0.337 e. The van der Waals surface area contributed by atoms with Gasteiger partial charge in [-0.25, -0.2) is 4.98 Å². The molecule has 0 radical (unpaired) electrons. The molecule has 104 valence electrons. The van der Waals surface area contributed by atoms with E-state index in [4.69, 9.17) is 0 Å². The minimum atomic E-state index is 0.616. The summed E-state index contributed by atoms with van der Waals surface area (Å²) in [5, 5.41) is 17.8. The van der Waals surface area contributed by atoms with E-state index in [0.717, 1.165) is 28.7 Å². The van der Waals surface area contributed by atoms with Gasteiger partial charge in [-0.3, -0.25) is 4.68 Å². The molecule has 3 rings (SSSR count). The van der Waals surface area contributed by atoms with Crippen LogP contribution in [0.5, 0.6) is 0 Å². The first kappa shape index (κ1) is 13.1. The van der Waals surface area contributed by atoms with Gasteiger partial charge in [-0.1, -0.05) is 25.1 Å². The van der Waals surface area contributed by atoms with Crippen LogP contribution in [0.2, 0.25) is 0 Å². The predicted octanol–water partition coefficient (Wildman–Crippen LogP) is 3.15. The fourth-order valence-corrected chi connectivity index (χ4v) is 2.37. The summed E-state index contributed by atoms with van der Waals surface area (Å²) in [5.41, 5.74) is 3.32. The standard InChI is InChI=1S/C16H15N5/c1-3-13-15(10-21(2)20-13)19-16-8-11(9-17)12-6-4-5-7-14(12)18-16/h4-8,10H,3H2,1-2H3,(H,18,19). The number of pyridine rings is 1. The zero-order valence-corrected chi connectivity index (χ0v) is 12.0. The number of hydrogen-bond donors (Lipinski definition) is 1. The highest BCUT2D eigenvalue weighted by atomic mass is 15.3. The Labute approximate surface area is 122 Å². The van der Waals surface area contributed by atoms with Crippen LogP contribution < -0.4 is 5.32 Å². The molecule has 21 heavy (non-hydrogen) atoms. The van der Waals surface area contributed by atoms with Crippen LogP contribution in [0, 0.1) is 11.3 Å². The highest BCUT2D eigenvalue weighted by Crippen LogP contribution is 2.24. The summed E-state index contributed by atoms with van der Waals surface area (Å²) in [6.45, 7) is 2.06. The van der Waals surface area contributed by atoms with Gasteiger partial charge in [-0.05, 0) is 18.6 Å². The molecule has 0 aliphatic carbocycles. The number of nitrogens with zero attached hydrogens (tertiary/aromatic N) is 4. The predicted molar refractivity (Wildman–Crippen MR) is 82.3 cm³/mol. The maximum Gasteiger partial charge on any atom is 0.132 e. The van der Waals surface area contributed by atoms with E-state index in [1.165, 1.54) is 0 Å². The Morgan fingerprint density at radius 1 is 1.33 bits per heavy atom. The second-order valence-corrected chi connectivity index (χ2v) is 4.83. The molecule has 2 heterocycles. The number of nitrogens with one attached hydrogen (secondary N) is 1. The Kier molecular flexibility index (Phi) is 3.28. The Morgan fingerprint density at radius 2 is 2.14 bits per heavy atom. The van der Waals surface area contributed by atoms with Crippen molar-refractivity contribution in [2.75, 3.05) is 5.32 Å². The number of rotatable bonds is 3. The molecule has 0 bridgehead atoms. The van der Waals surface area contributed by atoms with Crippen LogP contribution in [0.1, 0.15) is 18.2 Å². The van der Waals surface area contributed by atoms with Crippen molar-refractivity contribution >= 4 is 22.4 Å². The summed E-state index contributed by atoms with van der Waals surface area (Å²) in [6, 6.07) is 11.6. The molecule has 0 spiro atoms. The number of anilines is 2. The van der Waals surface area contributed by atoms with Crippen LogP contribution in [-0.4, -0.2) is 14.8 Å². The third-order valence-corrected chi connectivity index (χ3v) is 3.34. The van der Waals surface area contributed by atoms with E-state index < -0.39 is 0 Å². The molecule has 0 saturated heterocycles. The van der Waals surface area contributed by atoms with Gasteiger partial charge in [0.05, 0.1) is 28.5 Å². The van der Waals surface area contributed by atoms with Crippen molar-refractivity contribution in [2.45, 2.75) is 13.3 Å². The van der Waals surface area contributed by atoms with Gasteiger partial charge in [-0.2, -0.15) is 10.4 Å². The van der Waals surface area contributed by atoms with E-state index >= 15 is 0 Å². The van der Waals surface area contributed by atoms with Gasteiger partial charge in [0.15, 0.2) is 0 Å². The topological polar surface area (TPSA) is 66.5 Å². The molecule has 1 N–H and O–H groups in total. The van der Waals surface area contributed by atoms with Crippen LogP contribution in [0.4, 0.5) is 11.5 Å². The lowest BCUT2D eigenvalue weighted by molar-refractivity contribution is 0.746. The molecule has 0 unspecified atom stereocenters. The Bertz CT molecular complexity index is 841. The smallest absolute Gasteiger partial charge is 0.132 e. The van der Waals surface area contributed by atoms with Crippen molar-refractivity contribution in [3.8, 4) is 6.07 Å². The fraction of sp³-hybridized carbons (Fsp3) is 0.188. The molecule has 5 heteroatoms. The Balaban J connectivity index is 2.07. The number of aryl methyl sites for hydroxylation is 2. The number of fused-ring (bicyclic) bond motifs is 1. The molecule has 5 nitrogen and oxygen atoms in total. The van der Waals surface area contributed by atoms with Crippen molar-refractivity contribution < 1.29 is 0 Å². The molecule has 0 atom stereocenters. The number of benzene rings is 1. The maximum atomic E-state index is 9.31. The van der Waals surface area contributed by atoms with Crippen molar-refractivity contribution in [2.24, 2.45) is 7.05 Å². The number of para-hydroxylation sites is 1. The van der Waals surface area contributed by atoms with Crippen molar-refractivity contribution in [3.63, 3.8) is 0 Å². The molecule has 0 aliphatic heterocycles. The maximum absolute atomic E-state index is 9.31. The van der Waals surface area contributed by atoms with Crippen LogP contribution in [0.3, 0.4) is 0 Å². The van der Waals surface area contributed by atoms with Gasteiger partial charge in [0.1, 0.15) is 5.82 Å². The molecule has 3 aromatic rings. The average molecular weight is 277 g/mol. The third kappa shape index (κ3) is 2.43. The van der Waals surface area contributed by atoms with E-state index in [1.807, 2.05) is 37.5 Å². The number of aromatic nitrogens is 3. The van der Waals surface area contributed by atoms with Gasteiger partial charge in [0, 0.05) is 18.6 Å².